The Kier molecular flexibility index (Phi) is 7.53. The largest absolute Gasteiger partial charge is 0.326 e. The van der Waals surface area contributed by atoms with Gasteiger partial charge in [-0.25, -0.2) is 17.8 Å². The first-order valence-electron chi connectivity index (χ1n) is 11.0. The van der Waals surface area contributed by atoms with Gasteiger partial charge in [0.25, 0.3) is 16.0 Å². The molecule has 9 nitrogen and oxygen atoms in total. The Hall–Kier alpha value is -3.86. The Bertz CT molecular complexity index is 1550. The van der Waals surface area contributed by atoms with Gasteiger partial charge < -0.3 is 10.6 Å². The van der Waals surface area contributed by atoms with Crippen LogP contribution >= 0.6 is 24.0 Å². The van der Waals surface area contributed by atoms with Crippen molar-refractivity contribution in [3.8, 4) is 0 Å². The summed E-state index contributed by atoms with van der Waals surface area (Å²) >= 11 is 6.08. The van der Waals surface area contributed by atoms with Crippen molar-refractivity contribution in [2.24, 2.45) is 0 Å². The molecule has 12 heteroatoms. The maximum Gasteiger partial charge on any atom is 0.264 e. The third kappa shape index (κ3) is 5.77. The number of rotatable bonds is 6. The van der Waals surface area contributed by atoms with Crippen molar-refractivity contribution < 1.29 is 13.2 Å². The van der Waals surface area contributed by atoms with Gasteiger partial charge in [-0.05, 0) is 53.6 Å². The lowest BCUT2D eigenvalue weighted by atomic mass is 10.0. The van der Waals surface area contributed by atoms with Gasteiger partial charge in [-0.3, -0.25) is 4.79 Å². The zero-order valence-electron chi connectivity index (χ0n) is 19.4. The first kappa shape index (κ1) is 26.2. The average molecular weight is 557 g/mol. The molecule has 1 unspecified atom stereocenters. The van der Waals surface area contributed by atoms with Crippen molar-refractivity contribution >= 4 is 63.2 Å². The van der Waals surface area contributed by atoms with E-state index in [1.54, 1.807) is 16.8 Å². The highest BCUT2D eigenvalue weighted by molar-refractivity contribution is 7.92. The van der Waals surface area contributed by atoms with Crippen molar-refractivity contribution in [3.63, 3.8) is 0 Å². The van der Waals surface area contributed by atoms with E-state index in [1.807, 2.05) is 48.5 Å². The highest BCUT2D eigenvalue weighted by Gasteiger charge is 2.27. The van der Waals surface area contributed by atoms with Gasteiger partial charge in [0.15, 0.2) is 0 Å². The number of carbonyl (C=O) groups is 1. The molecule has 0 saturated heterocycles. The molecule has 1 aliphatic heterocycles. The lowest BCUT2D eigenvalue weighted by molar-refractivity contribution is -0.114. The summed E-state index contributed by atoms with van der Waals surface area (Å²) in [5, 5.41) is 10.9. The summed E-state index contributed by atoms with van der Waals surface area (Å²) < 4.78 is 30.0. The van der Waals surface area contributed by atoms with Crippen molar-refractivity contribution in [1.29, 1.82) is 0 Å². The van der Waals surface area contributed by atoms with E-state index in [0.717, 1.165) is 16.8 Å². The van der Waals surface area contributed by atoms with Crippen LogP contribution in [0.5, 0.6) is 0 Å². The number of anilines is 3. The maximum atomic E-state index is 13.0. The molecule has 190 valence electrons. The Morgan fingerprint density at radius 2 is 1.68 bits per heavy atom. The van der Waals surface area contributed by atoms with Crippen molar-refractivity contribution in [2.45, 2.75) is 17.9 Å². The lowest BCUT2D eigenvalue weighted by Crippen LogP contribution is -2.20. The standard InChI is InChI=1S/C25H21ClN6O3S.ClH/c1-16(33)27-20-11-13-21(14-12-20)36(34,35)31-24-29-25-28-22(17-5-3-2-4-6-17)15-23(32(25)30-24)18-7-9-19(26)10-8-18;/h2-15,23H,1H3,(H,27,33)(H2,28,29,30,31);1H. The van der Waals surface area contributed by atoms with Crippen LogP contribution < -0.4 is 15.4 Å². The van der Waals surface area contributed by atoms with Crippen LogP contribution in [0.4, 0.5) is 17.6 Å². The molecule has 0 aliphatic carbocycles. The van der Waals surface area contributed by atoms with E-state index >= 15 is 0 Å². The van der Waals surface area contributed by atoms with Crippen LogP contribution in [0.3, 0.4) is 0 Å². The summed E-state index contributed by atoms with van der Waals surface area (Å²) in [6.45, 7) is 1.38. The van der Waals surface area contributed by atoms with E-state index < -0.39 is 10.0 Å². The van der Waals surface area contributed by atoms with E-state index in [4.69, 9.17) is 11.6 Å². The fourth-order valence-corrected chi connectivity index (χ4v) is 4.88. The molecule has 1 aromatic heterocycles. The number of sulfonamides is 1. The minimum atomic E-state index is -3.97. The second-order valence-electron chi connectivity index (χ2n) is 8.08. The van der Waals surface area contributed by atoms with Crippen LogP contribution in [0.25, 0.3) is 5.70 Å². The molecule has 0 fully saturated rings. The minimum absolute atomic E-state index is 0. The molecule has 4 aromatic rings. The van der Waals surface area contributed by atoms with Gasteiger partial charge in [0.05, 0.1) is 4.90 Å². The number of fused-ring (bicyclic) bond motifs is 1. The van der Waals surface area contributed by atoms with Crippen LogP contribution in [-0.2, 0) is 14.8 Å². The molecule has 37 heavy (non-hydrogen) atoms. The summed E-state index contributed by atoms with van der Waals surface area (Å²) in [5.41, 5.74) is 3.17. The number of allylic oxidation sites excluding steroid dienone is 1. The summed E-state index contributed by atoms with van der Waals surface area (Å²) in [6, 6.07) is 22.6. The zero-order valence-corrected chi connectivity index (χ0v) is 21.8. The SMILES string of the molecule is CC(=O)Nc1ccc(S(=O)(=O)Nc2nc3n(n2)C(c2ccc(Cl)cc2)C=C(c2ccccc2)N3)cc1.Cl. The quantitative estimate of drug-likeness (QED) is 0.301. The van der Waals surface area contributed by atoms with Gasteiger partial charge in [0.2, 0.25) is 11.9 Å². The zero-order chi connectivity index (χ0) is 25.3. The number of benzene rings is 3. The predicted molar refractivity (Wildman–Crippen MR) is 146 cm³/mol. The maximum absolute atomic E-state index is 13.0. The van der Waals surface area contributed by atoms with Crippen molar-refractivity contribution in [1.82, 2.24) is 14.8 Å². The number of nitrogens with zero attached hydrogens (tertiary/aromatic N) is 3. The van der Waals surface area contributed by atoms with E-state index in [0.29, 0.717) is 16.7 Å². The third-order valence-corrected chi connectivity index (χ3v) is 7.07. The number of carbonyl (C=O) groups excluding carboxylic acids is 1. The Balaban J connectivity index is 0.00000320. The molecule has 1 aliphatic rings. The third-order valence-electron chi connectivity index (χ3n) is 5.47. The van der Waals surface area contributed by atoms with Gasteiger partial charge in [-0.2, -0.15) is 4.98 Å². The van der Waals surface area contributed by atoms with Gasteiger partial charge in [-0.15, -0.1) is 17.5 Å². The number of amides is 1. The molecule has 1 atom stereocenters. The minimum Gasteiger partial charge on any atom is -0.326 e. The predicted octanol–water partition coefficient (Wildman–Crippen LogP) is 5.17. The highest BCUT2D eigenvalue weighted by atomic mass is 35.5. The molecule has 3 N–H and O–H groups in total. The Labute approximate surface area is 225 Å². The van der Waals surface area contributed by atoms with Gasteiger partial charge in [0, 0.05) is 23.3 Å². The summed E-state index contributed by atoms with van der Waals surface area (Å²) in [5.74, 6) is 0.0582. The molecule has 0 saturated carbocycles. The van der Waals surface area contributed by atoms with E-state index in [-0.39, 0.29) is 35.2 Å². The summed E-state index contributed by atoms with van der Waals surface area (Å²) in [7, 11) is -3.97. The van der Waals surface area contributed by atoms with Crippen molar-refractivity contribution in [2.75, 3.05) is 15.4 Å². The number of hydrogen-bond donors (Lipinski definition) is 3. The monoisotopic (exact) mass is 556 g/mol. The molecule has 0 spiro atoms. The van der Waals surface area contributed by atoms with Gasteiger partial charge >= 0.3 is 0 Å². The lowest BCUT2D eigenvalue weighted by Gasteiger charge is -2.24. The average Bonchev–Trinajstić information content (AvgIpc) is 3.26. The second-order valence-corrected chi connectivity index (χ2v) is 10.2. The first-order chi connectivity index (χ1) is 17.3. The van der Waals surface area contributed by atoms with E-state index in [1.165, 1.54) is 31.2 Å². The molecule has 2 heterocycles. The molecule has 3 aromatic carbocycles. The number of halogens is 2. The summed E-state index contributed by atoms with van der Waals surface area (Å²) in [6.07, 6.45) is 2.00. The number of aromatic nitrogens is 3. The van der Waals surface area contributed by atoms with E-state index in [9.17, 15) is 13.2 Å². The number of hydrogen-bond acceptors (Lipinski definition) is 6. The molecular weight excluding hydrogens is 535 g/mol. The topological polar surface area (TPSA) is 118 Å². The smallest absolute Gasteiger partial charge is 0.264 e. The fraction of sp³-hybridized carbons (Fsp3) is 0.0800. The van der Waals surface area contributed by atoms with Crippen LogP contribution in [0.15, 0.2) is 89.8 Å². The van der Waals surface area contributed by atoms with Crippen molar-refractivity contribution in [3.05, 3.63) is 101 Å². The molecular formula is C25H22Cl2N6O3S. The molecule has 0 bridgehead atoms. The van der Waals surface area contributed by atoms with Gasteiger partial charge in [-0.1, -0.05) is 54.1 Å². The van der Waals surface area contributed by atoms with E-state index in [2.05, 4.69) is 25.4 Å². The Morgan fingerprint density at radius 3 is 2.32 bits per heavy atom. The van der Waals surface area contributed by atoms with Crippen LogP contribution in [-0.4, -0.2) is 29.1 Å². The summed E-state index contributed by atoms with van der Waals surface area (Å²) in [4.78, 5) is 15.6. The highest BCUT2D eigenvalue weighted by Crippen LogP contribution is 2.34. The normalized spacial score (nSPS) is 14.4. The fourth-order valence-electron chi connectivity index (χ4n) is 3.82. The first-order valence-corrected chi connectivity index (χ1v) is 12.8. The number of nitrogens with one attached hydrogen (secondary N) is 3. The second kappa shape index (κ2) is 10.6. The molecule has 0 radical (unpaired) electrons. The molecule has 5 rings (SSSR count). The van der Waals surface area contributed by atoms with Gasteiger partial charge in [0.1, 0.15) is 6.04 Å². The van der Waals surface area contributed by atoms with Crippen LogP contribution in [0, 0.1) is 0 Å². The van der Waals surface area contributed by atoms with Crippen LogP contribution in [0.1, 0.15) is 24.1 Å². The molecule has 1 amide bonds. The Morgan fingerprint density at radius 1 is 1.00 bits per heavy atom. The van der Waals surface area contributed by atoms with Crippen LogP contribution in [0.2, 0.25) is 5.02 Å².